The van der Waals surface area contributed by atoms with Crippen molar-refractivity contribution in [2.75, 3.05) is 25.2 Å². The van der Waals surface area contributed by atoms with Crippen LogP contribution in [-0.2, 0) is 11.8 Å². The Hall–Kier alpha value is -3.27. The van der Waals surface area contributed by atoms with Crippen molar-refractivity contribution in [1.29, 1.82) is 0 Å². The molecule has 0 aromatic carbocycles. The maximum Gasteiger partial charge on any atom is 0.269 e. The second-order valence-electron chi connectivity index (χ2n) is 7.23. The Balaban J connectivity index is 1.59. The molecule has 0 unspecified atom stereocenters. The van der Waals surface area contributed by atoms with Gasteiger partial charge in [0.1, 0.15) is 17.2 Å². The number of hydrogen-bond donors (Lipinski definition) is 1. The molecule has 10 heteroatoms. The number of amides is 1. The molecule has 1 fully saturated rings. The summed E-state index contributed by atoms with van der Waals surface area (Å²) in [6.45, 7) is 3.07. The summed E-state index contributed by atoms with van der Waals surface area (Å²) in [6, 6.07) is 4.66. The smallest absolute Gasteiger partial charge is 0.269 e. The molecule has 0 radical (unpaired) electrons. The summed E-state index contributed by atoms with van der Waals surface area (Å²) in [6.07, 6.45) is 2.72. The molecule has 30 heavy (non-hydrogen) atoms. The zero-order valence-corrected chi connectivity index (χ0v) is 17.1. The van der Waals surface area contributed by atoms with Crippen LogP contribution in [0.15, 0.2) is 28.9 Å². The molecule has 1 N–H and O–H groups in total. The number of nitrogens with zero attached hydrogens (tertiary/aromatic N) is 5. The Morgan fingerprint density at radius 3 is 2.80 bits per heavy atom. The van der Waals surface area contributed by atoms with Crippen molar-refractivity contribution in [2.45, 2.75) is 25.8 Å². The van der Waals surface area contributed by atoms with Crippen LogP contribution in [0.3, 0.4) is 0 Å². The largest absolute Gasteiger partial charge is 0.381 e. The van der Waals surface area contributed by atoms with E-state index in [9.17, 15) is 9.18 Å². The molecule has 1 aliphatic rings. The monoisotopic (exact) mass is 414 g/mol. The second kappa shape index (κ2) is 8.23. The summed E-state index contributed by atoms with van der Waals surface area (Å²) in [4.78, 5) is 18.6. The third kappa shape index (κ3) is 3.90. The second-order valence-corrected chi connectivity index (χ2v) is 7.23. The van der Waals surface area contributed by atoms with E-state index in [1.54, 1.807) is 36.7 Å². The number of carbonyl (C=O) groups excluding carboxylic acids is 1. The minimum Gasteiger partial charge on any atom is -0.381 e. The fourth-order valence-electron chi connectivity index (χ4n) is 3.49. The van der Waals surface area contributed by atoms with Crippen LogP contribution in [0.25, 0.3) is 11.4 Å². The molecule has 158 valence electrons. The molecule has 0 atom stereocenters. The van der Waals surface area contributed by atoms with Crippen LogP contribution in [0.4, 0.5) is 15.9 Å². The number of ether oxygens (including phenoxy) is 1. The standard InChI is InChI=1S/C20H23FN6O3/c1-12-19(18(25-30-12)15-5-4-13(21)11-22-15)26(2)17-10-16(27(3)24-17)20(28)23-14-6-8-29-9-7-14/h4-5,10-11,14H,6-9H2,1-3H3,(H,23,28). The van der Waals surface area contributed by atoms with E-state index in [-0.39, 0.29) is 11.9 Å². The summed E-state index contributed by atoms with van der Waals surface area (Å²) < 4.78 is 25.5. The Morgan fingerprint density at radius 2 is 2.10 bits per heavy atom. The van der Waals surface area contributed by atoms with Gasteiger partial charge in [-0.05, 0) is 31.9 Å². The molecule has 4 rings (SSSR count). The first-order valence-corrected chi connectivity index (χ1v) is 9.68. The molecule has 0 aliphatic carbocycles. The molecule has 0 bridgehead atoms. The highest BCUT2D eigenvalue weighted by Crippen LogP contribution is 2.35. The van der Waals surface area contributed by atoms with Crippen LogP contribution in [0, 0.1) is 12.7 Å². The Kier molecular flexibility index (Phi) is 5.49. The normalized spacial score (nSPS) is 14.7. The first-order chi connectivity index (χ1) is 14.4. The number of nitrogens with one attached hydrogen (secondary N) is 1. The number of carbonyl (C=O) groups is 1. The van der Waals surface area contributed by atoms with E-state index in [4.69, 9.17) is 9.26 Å². The molecule has 1 saturated heterocycles. The van der Waals surface area contributed by atoms with Crippen molar-refractivity contribution in [3.05, 3.63) is 41.7 Å². The number of aryl methyl sites for hydroxylation is 2. The van der Waals surface area contributed by atoms with E-state index < -0.39 is 5.82 Å². The molecule has 1 aliphatic heterocycles. The minimum atomic E-state index is -0.432. The number of anilines is 2. The lowest BCUT2D eigenvalue weighted by Gasteiger charge is -2.22. The van der Waals surface area contributed by atoms with Gasteiger partial charge in [-0.1, -0.05) is 5.16 Å². The van der Waals surface area contributed by atoms with Gasteiger partial charge in [0.15, 0.2) is 17.3 Å². The number of rotatable bonds is 5. The number of aromatic nitrogens is 4. The minimum absolute atomic E-state index is 0.0961. The summed E-state index contributed by atoms with van der Waals surface area (Å²) in [5.74, 6) is 0.486. The zero-order valence-electron chi connectivity index (χ0n) is 17.1. The van der Waals surface area contributed by atoms with Gasteiger partial charge in [0.2, 0.25) is 0 Å². The molecule has 4 heterocycles. The molecular weight excluding hydrogens is 391 g/mol. The molecular formula is C20H23FN6O3. The highest BCUT2D eigenvalue weighted by atomic mass is 19.1. The zero-order chi connectivity index (χ0) is 21.3. The quantitative estimate of drug-likeness (QED) is 0.685. The Morgan fingerprint density at radius 1 is 1.33 bits per heavy atom. The fourth-order valence-corrected chi connectivity index (χ4v) is 3.49. The maximum atomic E-state index is 13.2. The van der Waals surface area contributed by atoms with Gasteiger partial charge in [-0.2, -0.15) is 5.10 Å². The van der Waals surface area contributed by atoms with Crippen molar-refractivity contribution in [3.63, 3.8) is 0 Å². The Bertz CT molecular complexity index is 1040. The van der Waals surface area contributed by atoms with Gasteiger partial charge in [0.25, 0.3) is 5.91 Å². The first kappa shape index (κ1) is 20.0. The highest BCUT2D eigenvalue weighted by Gasteiger charge is 2.25. The van der Waals surface area contributed by atoms with E-state index in [0.717, 1.165) is 19.0 Å². The van der Waals surface area contributed by atoms with Gasteiger partial charge in [0, 0.05) is 39.4 Å². The van der Waals surface area contributed by atoms with E-state index in [0.29, 0.717) is 47.6 Å². The van der Waals surface area contributed by atoms with Gasteiger partial charge >= 0.3 is 0 Å². The summed E-state index contributed by atoms with van der Waals surface area (Å²) in [7, 11) is 3.52. The van der Waals surface area contributed by atoms with Gasteiger partial charge in [-0.15, -0.1) is 0 Å². The molecule has 1 amide bonds. The molecule has 0 saturated carbocycles. The predicted molar refractivity (Wildman–Crippen MR) is 107 cm³/mol. The molecule has 0 spiro atoms. The van der Waals surface area contributed by atoms with Crippen molar-refractivity contribution in [1.82, 2.24) is 25.2 Å². The van der Waals surface area contributed by atoms with Crippen LogP contribution in [0.5, 0.6) is 0 Å². The van der Waals surface area contributed by atoms with Crippen molar-refractivity contribution < 1.29 is 18.4 Å². The van der Waals surface area contributed by atoms with Gasteiger partial charge in [-0.3, -0.25) is 14.5 Å². The third-order valence-corrected chi connectivity index (χ3v) is 5.14. The van der Waals surface area contributed by atoms with Crippen molar-refractivity contribution in [3.8, 4) is 11.4 Å². The van der Waals surface area contributed by atoms with E-state index in [1.165, 1.54) is 12.1 Å². The van der Waals surface area contributed by atoms with Gasteiger partial charge in [0.05, 0.1) is 11.9 Å². The molecule has 9 nitrogen and oxygen atoms in total. The van der Waals surface area contributed by atoms with Crippen molar-refractivity contribution in [2.24, 2.45) is 7.05 Å². The summed E-state index contributed by atoms with van der Waals surface area (Å²) >= 11 is 0. The first-order valence-electron chi connectivity index (χ1n) is 9.68. The number of halogens is 1. The average Bonchev–Trinajstić information content (AvgIpc) is 3.32. The third-order valence-electron chi connectivity index (χ3n) is 5.14. The average molecular weight is 414 g/mol. The van der Waals surface area contributed by atoms with Gasteiger partial charge in [-0.25, -0.2) is 4.39 Å². The van der Waals surface area contributed by atoms with Crippen LogP contribution in [0.2, 0.25) is 0 Å². The van der Waals surface area contributed by atoms with E-state index in [2.05, 4.69) is 20.6 Å². The van der Waals surface area contributed by atoms with E-state index in [1.807, 2.05) is 0 Å². The predicted octanol–water partition coefficient (Wildman–Crippen LogP) is 2.59. The maximum absolute atomic E-state index is 13.2. The van der Waals surface area contributed by atoms with Crippen LogP contribution in [0.1, 0.15) is 29.1 Å². The fraction of sp³-hybridized carbons (Fsp3) is 0.400. The lowest BCUT2D eigenvalue weighted by atomic mass is 10.1. The van der Waals surface area contributed by atoms with Crippen LogP contribution < -0.4 is 10.2 Å². The van der Waals surface area contributed by atoms with Gasteiger partial charge < -0.3 is 19.5 Å². The number of hydrogen-bond acceptors (Lipinski definition) is 7. The molecule has 3 aromatic rings. The SMILES string of the molecule is Cc1onc(-c2ccc(F)cn2)c1N(C)c1cc(C(=O)NC2CCOCC2)n(C)n1. The topological polar surface area (TPSA) is 98.3 Å². The molecule has 3 aromatic heterocycles. The lowest BCUT2D eigenvalue weighted by Crippen LogP contribution is -2.39. The van der Waals surface area contributed by atoms with Crippen LogP contribution >= 0.6 is 0 Å². The van der Waals surface area contributed by atoms with Crippen molar-refractivity contribution >= 4 is 17.4 Å². The van der Waals surface area contributed by atoms with Crippen LogP contribution in [-0.4, -0.2) is 52.1 Å². The summed E-state index contributed by atoms with van der Waals surface area (Å²) in [5.41, 5.74) is 2.03. The van der Waals surface area contributed by atoms with E-state index >= 15 is 0 Å². The Labute approximate surface area is 172 Å². The summed E-state index contributed by atoms with van der Waals surface area (Å²) in [5, 5.41) is 11.6. The highest BCUT2D eigenvalue weighted by molar-refractivity contribution is 5.94. The lowest BCUT2D eigenvalue weighted by molar-refractivity contribution is 0.0692. The number of pyridine rings is 1.